The van der Waals surface area contributed by atoms with Crippen LogP contribution in [0.5, 0.6) is 17.2 Å². The molecule has 0 unspecified atom stereocenters. The number of hydrogen-bond donors (Lipinski definition) is 0. The molecule has 0 radical (unpaired) electrons. The Labute approximate surface area is 214 Å². The molecule has 2 aromatic carbocycles. The van der Waals surface area contributed by atoms with E-state index in [1.54, 1.807) is 12.1 Å². The predicted molar refractivity (Wildman–Crippen MR) is 134 cm³/mol. The maximum atomic E-state index is 12.9. The van der Waals surface area contributed by atoms with Crippen LogP contribution in [-0.4, -0.2) is 43.7 Å². The number of hydrogen-bond acceptors (Lipinski definition) is 4. The first kappa shape index (κ1) is 25.8. The van der Waals surface area contributed by atoms with Gasteiger partial charge in [0.25, 0.3) is 5.91 Å². The Balaban J connectivity index is 1.49. The van der Waals surface area contributed by atoms with E-state index in [0.717, 1.165) is 25.9 Å². The van der Waals surface area contributed by atoms with E-state index in [9.17, 15) is 4.79 Å². The van der Waals surface area contributed by atoms with E-state index in [4.69, 9.17) is 60.6 Å². The predicted octanol–water partition coefficient (Wildman–Crippen LogP) is 7.17. The Morgan fingerprint density at radius 1 is 0.939 bits per heavy atom. The van der Waals surface area contributed by atoms with Gasteiger partial charge in [0.15, 0.2) is 5.75 Å². The van der Waals surface area contributed by atoms with Crippen molar-refractivity contribution in [2.24, 2.45) is 0 Å². The van der Waals surface area contributed by atoms with Crippen LogP contribution in [0.1, 0.15) is 36.0 Å². The first-order valence-electron chi connectivity index (χ1n) is 10.7. The van der Waals surface area contributed by atoms with Crippen LogP contribution in [0.2, 0.25) is 10.0 Å². The molecule has 1 aliphatic rings. The Morgan fingerprint density at radius 2 is 1.61 bits per heavy atom. The summed E-state index contributed by atoms with van der Waals surface area (Å²) >= 11 is 23.7. The van der Waals surface area contributed by atoms with Gasteiger partial charge in [-0.2, -0.15) is 0 Å². The third kappa shape index (κ3) is 7.89. The van der Waals surface area contributed by atoms with Crippen molar-refractivity contribution in [1.82, 2.24) is 4.90 Å². The van der Waals surface area contributed by atoms with Crippen LogP contribution in [0.4, 0.5) is 0 Å². The molecule has 1 heterocycles. The summed E-state index contributed by atoms with van der Waals surface area (Å²) in [6, 6.07) is 10.6. The minimum absolute atomic E-state index is 0.0197. The molecular formula is C24H25Cl4NO4. The second kappa shape index (κ2) is 13.2. The highest BCUT2D eigenvalue weighted by molar-refractivity contribution is 6.55. The molecule has 33 heavy (non-hydrogen) atoms. The molecule has 9 heteroatoms. The van der Waals surface area contributed by atoms with Gasteiger partial charge >= 0.3 is 0 Å². The summed E-state index contributed by atoms with van der Waals surface area (Å²) in [6.45, 7) is 2.50. The van der Waals surface area contributed by atoms with Crippen molar-refractivity contribution in [3.8, 4) is 17.2 Å². The highest BCUT2D eigenvalue weighted by atomic mass is 35.5. The summed E-state index contributed by atoms with van der Waals surface area (Å²) in [4.78, 5) is 14.8. The molecule has 0 N–H and O–H groups in total. The summed E-state index contributed by atoms with van der Waals surface area (Å²) in [5, 5.41) is 0.661. The van der Waals surface area contributed by atoms with Crippen LogP contribution in [0.25, 0.3) is 0 Å². The minimum atomic E-state index is 0.0197. The number of amides is 1. The first-order valence-corrected chi connectivity index (χ1v) is 12.2. The van der Waals surface area contributed by atoms with Gasteiger partial charge in [0.2, 0.25) is 0 Å². The van der Waals surface area contributed by atoms with E-state index >= 15 is 0 Å². The Bertz CT molecular complexity index is 950. The van der Waals surface area contributed by atoms with Gasteiger partial charge in [-0.1, -0.05) is 58.5 Å². The van der Waals surface area contributed by atoms with Crippen LogP contribution in [0.15, 0.2) is 47.0 Å². The normalized spacial score (nSPS) is 13.4. The molecule has 0 atom stereocenters. The molecule has 0 spiro atoms. The zero-order chi connectivity index (χ0) is 23.6. The molecule has 3 rings (SSSR count). The smallest absolute Gasteiger partial charge is 0.257 e. The van der Waals surface area contributed by atoms with Crippen LogP contribution in [0, 0.1) is 0 Å². The van der Waals surface area contributed by atoms with Crippen molar-refractivity contribution in [2.75, 3.05) is 32.9 Å². The highest BCUT2D eigenvalue weighted by Crippen LogP contribution is 2.37. The van der Waals surface area contributed by atoms with Crippen molar-refractivity contribution >= 4 is 52.3 Å². The average molecular weight is 533 g/mol. The van der Waals surface area contributed by atoms with Crippen molar-refractivity contribution in [3.05, 3.63) is 62.6 Å². The number of halogens is 4. The fourth-order valence-corrected chi connectivity index (χ4v) is 4.11. The molecule has 5 nitrogen and oxygen atoms in total. The van der Waals surface area contributed by atoms with Crippen LogP contribution in [-0.2, 0) is 0 Å². The quantitative estimate of drug-likeness (QED) is 0.304. The third-order valence-electron chi connectivity index (χ3n) is 5.01. The summed E-state index contributed by atoms with van der Waals surface area (Å²) < 4.78 is 17.2. The number of para-hydroxylation sites is 1. The van der Waals surface area contributed by atoms with E-state index in [1.807, 2.05) is 29.2 Å². The topological polar surface area (TPSA) is 48.0 Å². The SMILES string of the molecule is O=C(c1ccccc1OCCCOc1c(Cl)cc(OCC=C(Cl)Cl)cc1Cl)N1CCCCC1. The van der Waals surface area contributed by atoms with Crippen molar-refractivity contribution < 1.29 is 19.0 Å². The average Bonchev–Trinajstić information content (AvgIpc) is 2.80. The second-order valence-electron chi connectivity index (χ2n) is 7.42. The lowest BCUT2D eigenvalue weighted by atomic mass is 10.1. The lowest BCUT2D eigenvalue weighted by Gasteiger charge is -2.27. The second-order valence-corrected chi connectivity index (χ2v) is 9.24. The van der Waals surface area contributed by atoms with Gasteiger partial charge in [0.1, 0.15) is 22.6 Å². The number of rotatable bonds is 10. The number of carbonyl (C=O) groups excluding carboxylic acids is 1. The van der Waals surface area contributed by atoms with Crippen LogP contribution >= 0.6 is 46.4 Å². The molecule has 0 saturated carbocycles. The number of likely N-dealkylation sites (tertiary alicyclic amines) is 1. The molecule has 2 aromatic rings. The van der Waals surface area contributed by atoms with Gasteiger partial charge in [-0.3, -0.25) is 4.79 Å². The number of carbonyl (C=O) groups is 1. The summed E-state index contributed by atoms with van der Waals surface area (Å²) in [5.41, 5.74) is 0.590. The van der Waals surface area contributed by atoms with E-state index < -0.39 is 0 Å². The van der Waals surface area contributed by atoms with Crippen LogP contribution in [0.3, 0.4) is 0 Å². The molecule has 0 bridgehead atoms. The maximum absolute atomic E-state index is 12.9. The zero-order valence-electron chi connectivity index (χ0n) is 18.0. The summed E-state index contributed by atoms with van der Waals surface area (Å²) in [7, 11) is 0. The van der Waals surface area contributed by atoms with Gasteiger partial charge in [-0.15, -0.1) is 0 Å². The largest absolute Gasteiger partial charge is 0.493 e. The van der Waals surface area contributed by atoms with Crippen molar-refractivity contribution in [1.29, 1.82) is 0 Å². The Morgan fingerprint density at radius 3 is 2.30 bits per heavy atom. The first-order chi connectivity index (χ1) is 16.0. The number of piperidine rings is 1. The third-order valence-corrected chi connectivity index (χ3v) is 5.88. The van der Waals surface area contributed by atoms with Gasteiger partial charge < -0.3 is 19.1 Å². The molecule has 0 aromatic heterocycles. The monoisotopic (exact) mass is 531 g/mol. The van der Waals surface area contributed by atoms with Gasteiger partial charge in [0, 0.05) is 31.6 Å². The number of nitrogens with zero attached hydrogens (tertiary/aromatic N) is 1. The molecular weight excluding hydrogens is 508 g/mol. The highest BCUT2D eigenvalue weighted by Gasteiger charge is 2.21. The standard InChI is InChI=1S/C24H25Cl4NO4/c25-19-15-17(31-14-9-22(27)28)16-20(26)23(19)33-13-6-12-32-21-8-3-2-7-18(21)24(30)29-10-4-1-5-11-29/h2-3,7-9,15-16H,1,4-6,10-14H2. The van der Waals surface area contributed by atoms with Crippen molar-refractivity contribution in [2.45, 2.75) is 25.7 Å². The van der Waals surface area contributed by atoms with E-state index in [-0.39, 0.29) is 17.0 Å². The fraction of sp³-hybridized carbons (Fsp3) is 0.375. The Hall–Kier alpha value is -1.79. The number of ether oxygens (including phenoxy) is 3. The molecule has 1 amide bonds. The van der Waals surface area contributed by atoms with E-state index in [1.165, 1.54) is 12.5 Å². The fourth-order valence-electron chi connectivity index (χ4n) is 3.41. The maximum Gasteiger partial charge on any atom is 0.257 e. The summed E-state index contributed by atoms with van der Waals surface area (Å²) in [5.74, 6) is 1.45. The molecule has 1 aliphatic heterocycles. The summed E-state index contributed by atoms with van der Waals surface area (Å²) in [6.07, 6.45) is 5.35. The number of benzene rings is 2. The van der Waals surface area contributed by atoms with Gasteiger partial charge in [-0.25, -0.2) is 0 Å². The van der Waals surface area contributed by atoms with Crippen LogP contribution < -0.4 is 14.2 Å². The zero-order valence-corrected chi connectivity index (χ0v) is 21.0. The van der Waals surface area contributed by atoms with E-state index in [0.29, 0.717) is 52.5 Å². The molecule has 178 valence electrons. The molecule has 0 aliphatic carbocycles. The molecule has 1 saturated heterocycles. The van der Waals surface area contributed by atoms with Gasteiger partial charge in [-0.05, 0) is 37.5 Å². The Kier molecular flexibility index (Phi) is 10.3. The van der Waals surface area contributed by atoms with Gasteiger partial charge in [0.05, 0.1) is 28.8 Å². The van der Waals surface area contributed by atoms with Crippen molar-refractivity contribution in [3.63, 3.8) is 0 Å². The minimum Gasteiger partial charge on any atom is -0.493 e. The molecule has 1 fully saturated rings. The lowest BCUT2D eigenvalue weighted by Crippen LogP contribution is -2.35. The van der Waals surface area contributed by atoms with E-state index in [2.05, 4.69) is 0 Å². The lowest BCUT2D eigenvalue weighted by molar-refractivity contribution is 0.0719.